The molecule has 1 nitrogen and oxygen atoms in total. The van der Waals surface area contributed by atoms with Gasteiger partial charge >= 0.3 is 0 Å². The molecule has 0 fully saturated rings. The molecule has 0 bridgehead atoms. The summed E-state index contributed by atoms with van der Waals surface area (Å²) in [5, 5.41) is 0.821. The van der Waals surface area contributed by atoms with Gasteiger partial charge in [-0.05, 0) is 35.0 Å². The Morgan fingerprint density at radius 2 is 2.20 bits per heavy atom. The van der Waals surface area contributed by atoms with Gasteiger partial charge in [0.1, 0.15) is 0 Å². The van der Waals surface area contributed by atoms with Gasteiger partial charge in [-0.25, -0.2) is 0 Å². The molecular formula is C7H7Br2N. The molecule has 0 spiro atoms. The predicted octanol–water partition coefficient (Wildman–Crippen LogP) is 3.05. The van der Waals surface area contributed by atoms with Crippen LogP contribution in [0.3, 0.4) is 0 Å². The minimum absolute atomic E-state index is 0.821. The van der Waals surface area contributed by atoms with Crippen molar-refractivity contribution in [1.82, 2.24) is 4.98 Å². The van der Waals surface area contributed by atoms with Crippen LogP contribution in [0.1, 0.15) is 11.4 Å². The van der Waals surface area contributed by atoms with Crippen molar-refractivity contribution in [2.75, 3.05) is 0 Å². The second kappa shape index (κ2) is 3.49. The summed E-state index contributed by atoms with van der Waals surface area (Å²) in [6, 6.07) is 4.00. The third-order valence-electron chi connectivity index (χ3n) is 1.22. The monoisotopic (exact) mass is 263 g/mol. The van der Waals surface area contributed by atoms with Crippen molar-refractivity contribution in [2.24, 2.45) is 0 Å². The van der Waals surface area contributed by atoms with Crippen LogP contribution < -0.4 is 0 Å². The molecule has 1 aromatic rings. The molecule has 0 saturated heterocycles. The van der Waals surface area contributed by atoms with Gasteiger partial charge in [0, 0.05) is 9.80 Å². The van der Waals surface area contributed by atoms with Crippen molar-refractivity contribution in [1.29, 1.82) is 0 Å². The second-order valence-electron chi connectivity index (χ2n) is 2.00. The summed E-state index contributed by atoms with van der Waals surface area (Å²) in [6.45, 7) is 1.98. The predicted molar refractivity (Wildman–Crippen MR) is 49.3 cm³/mol. The van der Waals surface area contributed by atoms with Gasteiger partial charge in [0.05, 0.1) is 11.4 Å². The van der Waals surface area contributed by atoms with Gasteiger partial charge in [0.2, 0.25) is 0 Å². The van der Waals surface area contributed by atoms with Crippen LogP contribution in [0, 0.1) is 6.92 Å². The van der Waals surface area contributed by atoms with Gasteiger partial charge in [-0.15, -0.1) is 0 Å². The summed E-state index contributed by atoms with van der Waals surface area (Å²) in [5.41, 5.74) is 2.11. The van der Waals surface area contributed by atoms with Gasteiger partial charge in [0.15, 0.2) is 0 Å². The van der Waals surface area contributed by atoms with Crippen molar-refractivity contribution in [3.8, 4) is 0 Å². The fourth-order valence-electron chi connectivity index (χ4n) is 0.670. The molecule has 0 aromatic carbocycles. The van der Waals surface area contributed by atoms with Crippen molar-refractivity contribution in [2.45, 2.75) is 12.3 Å². The van der Waals surface area contributed by atoms with Gasteiger partial charge in [0.25, 0.3) is 0 Å². The molecule has 1 aromatic heterocycles. The topological polar surface area (TPSA) is 12.9 Å². The first-order valence-corrected chi connectivity index (χ1v) is 4.83. The summed E-state index contributed by atoms with van der Waals surface area (Å²) >= 11 is 6.72. The Balaban J connectivity index is 3.04. The van der Waals surface area contributed by atoms with Crippen LogP contribution in [-0.4, -0.2) is 4.98 Å². The summed E-state index contributed by atoms with van der Waals surface area (Å²) in [7, 11) is 0. The molecule has 0 amide bonds. The normalized spacial score (nSPS) is 9.90. The number of halogens is 2. The molecule has 0 unspecified atom stereocenters. The highest BCUT2D eigenvalue weighted by molar-refractivity contribution is 9.10. The zero-order chi connectivity index (χ0) is 7.56. The quantitative estimate of drug-likeness (QED) is 0.711. The molecule has 0 radical (unpaired) electrons. The van der Waals surface area contributed by atoms with Crippen LogP contribution in [0.2, 0.25) is 0 Å². The number of hydrogen-bond acceptors (Lipinski definition) is 1. The lowest BCUT2D eigenvalue weighted by Gasteiger charge is -1.98. The standard InChI is InChI=1S/C7H7Br2N/c1-5-7(9)3-2-6(4-8)10-5/h2-3H,4H2,1H3. The Kier molecular flexibility index (Phi) is 2.86. The van der Waals surface area contributed by atoms with E-state index in [9.17, 15) is 0 Å². The highest BCUT2D eigenvalue weighted by atomic mass is 79.9. The van der Waals surface area contributed by atoms with E-state index in [1.807, 2.05) is 19.1 Å². The van der Waals surface area contributed by atoms with E-state index in [1.54, 1.807) is 0 Å². The number of aryl methyl sites for hydroxylation is 1. The van der Waals surface area contributed by atoms with Crippen molar-refractivity contribution >= 4 is 31.9 Å². The van der Waals surface area contributed by atoms with E-state index in [2.05, 4.69) is 36.8 Å². The molecule has 10 heavy (non-hydrogen) atoms. The molecule has 0 saturated carbocycles. The number of aromatic nitrogens is 1. The summed E-state index contributed by atoms with van der Waals surface area (Å²) in [5.74, 6) is 0. The van der Waals surface area contributed by atoms with Gasteiger partial charge in [-0.2, -0.15) is 0 Å². The Morgan fingerprint density at radius 1 is 1.50 bits per heavy atom. The lowest BCUT2D eigenvalue weighted by atomic mass is 10.3. The molecular weight excluding hydrogens is 258 g/mol. The lowest BCUT2D eigenvalue weighted by molar-refractivity contribution is 1.10. The molecule has 3 heteroatoms. The number of pyridine rings is 1. The van der Waals surface area contributed by atoms with Crippen LogP contribution in [0.25, 0.3) is 0 Å². The first-order chi connectivity index (χ1) is 4.74. The van der Waals surface area contributed by atoms with Gasteiger partial charge < -0.3 is 0 Å². The Hall–Kier alpha value is 0.110. The molecule has 0 N–H and O–H groups in total. The Morgan fingerprint density at radius 3 is 2.70 bits per heavy atom. The van der Waals surface area contributed by atoms with Crippen molar-refractivity contribution in [3.63, 3.8) is 0 Å². The number of alkyl halides is 1. The van der Waals surface area contributed by atoms with Crippen molar-refractivity contribution < 1.29 is 0 Å². The third-order valence-corrected chi connectivity index (χ3v) is 2.63. The van der Waals surface area contributed by atoms with E-state index in [1.165, 1.54) is 0 Å². The Labute approximate surface area is 77.1 Å². The van der Waals surface area contributed by atoms with Crippen LogP contribution in [0.5, 0.6) is 0 Å². The highest BCUT2D eigenvalue weighted by Crippen LogP contribution is 2.14. The maximum Gasteiger partial charge on any atom is 0.0518 e. The number of hydrogen-bond donors (Lipinski definition) is 0. The maximum atomic E-state index is 4.30. The molecule has 1 rings (SSSR count). The molecule has 54 valence electrons. The van der Waals surface area contributed by atoms with Crippen LogP contribution in [0.4, 0.5) is 0 Å². The summed E-state index contributed by atoms with van der Waals surface area (Å²) < 4.78 is 1.07. The number of nitrogens with zero attached hydrogens (tertiary/aromatic N) is 1. The molecule has 1 heterocycles. The van der Waals surface area contributed by atoms with E-state index >= 15 is 0 Å². The summed E-state index contributed by atoms with van der Waals surface area (Å²) in [6.07, 6.45) is 0. The average Bonchev–Trinajstić information content (AvgIpc) is 1.95. The minimum Gasteiger partial charge on any atom is -0.256 e. The third kappa shape index (κ3) is 1.80. The zero-order valence-corrected chi connectivity index (χ0v) is 8.74. The maximum absolute atomic E-state index is 4.30. The van der Waals surface area contributed by atoms with Crippen LogP contribution in [-0.2, 0) is 5.33 Å². The van der Waals surface area contributed by atoms with Crippen LogP contribution in [0.15, 0.2) is 16.6 Å². The molecule has 0 aliphatic rings. The Bertz CT molecular complexity index is 235. The largest absolute Gasteiger partial charge is 0.256 e. The fraction of sp³-hybridized carbons (Fsp3) is 0.286. The van der Waals surface area contributed by atoms with E-state index in [0.29, 0.717) is 0 Å². The fourth-order valence-corrected chi connectivity index (χ4v) is 1.20. The van der Waals surface area contributed by atoms with Gasteiger partial charge in [-0.1, -0.05) is 15.9 Å². The SMILES string of the molecule is Cc1nc(CBr)ccc1Br. The van der Waals surface area contributed by atoms with Crippen LogP contribution >= 0.6 is 31.9 Å². The molecule has 0 atom stereocenters. The van der Waals surface area contributed by atoms with E-state index in [4.69, 9.17) is 0 Å². The van der Waals surface area contributed by atoms with E-state index in [0.717, 1.165) is 21.2 Å². The molecule has 0 aliphatic heterocycles. The van der Waals surface area contributed by atoms with E-state index < -0.39 is 0 Å². The molecule has 0 aliphatic carbocycles. The highest BCUT2D eigenvalue weighted by Gasteiger charge is 1.95. The number of rotatable bonds is 1. The van der Waals surface area contributed by atoms with Gasteiger partial charge in [-0.3, -0.25) is 4.98 Å². The first-order valence-electron chi connectivity index (χ1n) is 2.92. The zero-order valence-electron chi connectivity index (χ0n) is 5.56. The lowest BCUT2D eigenvalue weighted by Crippen LogP contribution is -1.88. The van der Waals surface area contributed by atoms with E-state index in [-0.39, 0.29) is 0 Å². The smallest absolute Gasteiger partial charge is 0.0518 e. The minimum atomic E-state index is 0.821. The average molecular weight is 265 g/mol. The summed E-state index contributed by atoms with van der Waals surface area (Å²) in [4.78, 5) is 4.30. The first kappa shape index (κ1) is 8.21. The second-order valence-corrected chi connectivity index (χ2v) is 3.42. The van der Waals surface area contributed by atoms with Crippen molar-refractivity contribution in [3.05, 3.63) is 28.0 Å².